The molecular formula is C15H28N2O2. The number of ether oxygens (including phenoxy) is 2. The molecule has 19 heavy (non-hydrogen) atoms. The van der Waals surface area contributed by atoms with Gasteiger partial charge in [0.1, 0.15) is 5.54 Å². The van der Waals surface area contributed by atoms with Gasteiger partial charge in [-0.2, -0.15) is 5.26 Å². The molecule has 110 valence electrons. The second-order valence-corrected chi connectivity index (χ2v) is 5.63. The van der Waals surface area contributed by atoms with E-state index in [0.29, 0.717) is 13.2 Å². The molecule has 0 aromatic rings. The molecule has 0 amide bonds. The molecule has 0 aromatic heterocycles. The second kappa shape index (κ2) is 8.52. The molecule has 0 radical (unpaired) electrons. The maximum absolute atomic E-state index is 9.44. The quantitative estimate of drug-likeness (QED) is 0.688. The zero-order valence-electron chi connectivity index (χ0n) is 12.6. The molecule has 2 atom stereocenters. The van der Waals surface area contributed by atoms with Gasteiger partial charge in [-0.1, -0.05) is 6.92 Å². The van der Waals surface area contributed by atoms with Gasteiger partial charge in [0, 0.05) is 6.42 Å². The molecule has 0 bridgehead atoms. The summed E-state index contributed by atoms with van der Waals surface area (Å²) in [6, 6.07) is 2.47. The Morgan fingerprint density at radius 3 is 2.84 bits per heavy atom. The topological polar surface area (TPSA) is 54.3 Å². The summed E-state index contributed by atoms with van der Waals surface area (Å²) >= 11 is 0. The minimum absolute atomic E-state index is 0.188. The van der Waals surface area contributed by atoms with Crippen LogP contribution >= 0.6 is 0 Å². The third-order valence-corrected chi connectivity index (χ3v) is 3.52. The van der Waals surface area contributed by atoms with Crippen molar-refractivity contribution >= 4 is 0 Å². The van der Waals surface area contributed by atoms with Crippen LogP contribution in [0, 0.1) is 11.3 Å². The Morgan fingerprint density at radius 2 is 2.21 bits per heavy atom. The summed E-state index contributed by atoms with van der Waals surface area (Å²) in [6.07, 6.45) is 5.33. The fourth-order valence-corrected chi connectivity index (χ4v) is 2.53. The Balaban J connectivity index is 2.34. The molecular weight excluding hydrogens is 240 g/mol. The first kappa shape index (κ1) is 16.4. The van der Waals surface area contributed by atoms with Crippen LogP contribution in [0.3, 0.4) is 0 Å². The van der Waals surface area contributed by atoms with Gasteiger partial charge in [0.25, 0.3) is 0 Å². The summed E-state index contributed by atoms with van der Waals surface area (Å²) in [5, 5.41) is 12.8. The normalized spacial score (nSPS) is 27.4. The van der Waals surface area contributed by atoms with Gasteiger partial charge in [0.15, 0.2) is 0 Å². The number of rotatable bonds is 8. The zero-order valence-corrected chi connectivity index (χ0v) is 12.6. The van der Waals surface area contributed by atoms with Crippen LogP contribution in [-0.2, 0) is 9.47 Å². The van der Waals surface area contributed by atoms with Crippen LogP contribution in [0.4, 0.5) is 0 Å². The Bertz CT molecular complexity index is 288. The summed E-state index contributed by atoms with van der Waals surface area (Å²) in [7, 11) is 0. The van der Waals surface area contributed by atoms with Gasteiger partial charge in [-0.15, -0.1) is 0 Å². The molecule has 1 aliphatic carbocycles. The molecule has 0 aromatic carbocycles. The van der Waals surface area contributed by atoms with Crippen LogP contribution in [0.2, 0.25) is 0 Å². The van der Waals surface area contributed by atoms with Crippen molar-refractivity contribution in [1.82, 2.24) is 5.32 Å². The number of hydrogen-bond acceptors (Lipinski definition) is 4. The lowest BCUT2D eigenvalue weighted by Crippen LogP contribution is -2.49. The molecule has 0 aliphatic heterocycles. The minimum Gasteiger partial charge on any atom is -0.376 e. The second-order valence-electron chi connectivity index (χ2n) is 5.63. The Hall–Kier alpha value is -0.630. The molecule has 2 unspecified atom stereocenters. The maximum atomic E-state index is 9.44. The predicted molar refractivity (Wildman–Crippen MR) is 75.9 cm³/mol. The molecule has 0 saturated heterocycles. The van der Waals surface area contributed by atoms with Gasteiger partial charge in [-0.05, 0) is 46.1 Å². The average Bonchev–Trinajstić information content (AvgIpc) is 2.41. The SMILES string of the molecule is CCCNC1(C#N)CCCC(OCCOC(C)C)C1. The summed E-state index contributed by atoms with van der Waals surface area (Å²) < 4.78 is 11.3. The lowest BCUT2D eigenvalue weighted by molar-refractivity contribution is -0.0335. The van der Waals surface area contributed by atoms with Gasteiger partial charge < -0.3 is 9.47 Å². The lowest BCUT2D eigenvalue weighted by Gasteiger charge is -2.36. The maximum Gasteiger partial charge on any atom is 0.109 e. The fraction of sp³-hybridized carbons (Fsp3) is 0.933. The first-order valence-corrected chi connectivity index (χ1v) is 7.51. The van der Waals surface area contributed by atoms with Gasteiger partial charge in [-0.25, -0.2) is 0 Å². The van der Waals surface area contributed by atoms with Crippen molar-refractivity contribution < 1.29 is 9.47 Å². The highest BCUT2D eigenvalue weighted by molar-refractivity contribution is 5.10. The standard InChI is InChI=1S/C15H28N2O2/c1-4-8-17-15(12-16)7-5-6-14(11-15)19-10-9-18-13(2)3/h13-14,17H,4-11H2,1-3H3. The molecule has 1 saturated carbocycles. The van der Waals surface area contributed by atoms with Crippen LogP contribution in [0.15, 0.2) is 0 Å². The Labute approximate surface area is 117 Å². The smallest absolute Gasteiger partial charge is 0.109 e. The van der Waals surface area contributed by atoms with Crippen molar-refractivity contribution in [3.63, 3.8) is 0 Å². The average molecular weight is 268 g/mol. The summed E-state index contributed by atoms with van der Waals surface area (Å²) in [5.41, 5.74) is -0.377. The number of nitrogens with zero attached hydrogens (tertiary/aromatic N) is 1. The molecule has 4 nitrogen and oxygen atoms in total. The molecule has 1 fully saturated rings. The zero-order chi connectivity index (χ0) is 14.1. The molecule has 0 heterocycles. The predicted octanol–water partition coefficient (Wildman–Crippen LogP) is 2.63. The number of nitrogens with one attached hydrogen (secondary N) is 1. The van der Waals surface area contributed by atoms with E-state index in [0.717, 1.165) is 38.6 Å². The van der Waals surface area contributed by atoms with E-state index in [9.17, 15) is 5.26 Å². The van der Waals surface area contributed by atoms with Crippen LogP contribution in [0.1, 0.15) is 52.9 Å². The summed E-state index contributed by atoms with van der Waals surface area (Å²) in [4.78, 5) is 0. The van der Waals surface area contributed by atoms with Crippen LogP contribution in [-0.4, -0.2) is 37.5 Å². The lowest BCUT2D eigenvalue weighted by atomic mass is 9.81. The van der Waals surface area contributed by atoms with E-state index in [1.165, 1.54) is 0 Å². The van der Waals surface area contributed by atoms with E-state index in [1.54, 1.807) is 0 Å². The molecule has 1 rings (SSSR count). The van der Waals surface area contributed by atoms with Crippen molar-refractivity contribution in [1.29, 1.82) is 5.26 Å². The van der Waals surface area contributed by atoms with Crippen molar-refractivity contribution in [3.8, 4) is 6.07 Å². The largest absolute Gasteiger partial charge is 0.376 e. The van der Waals surface area contributed by atoms with Gasteiger partial charge in [-0.3, -0.25) is 5.32 Å². The van der Waals surface area contributed by atoms with E-state index in [4.69, 9.17) is 9.47 Å². The first-order chi connectivity index (χ1) is 9.12. The van der Waals surface area contributed by atoms with E-state index in [-0.39, 0.29) is 17.7 Å². The highest BCUT2D eigenvalue weighted by Crippen LogP contribution is 2.29. The molecule has 4 heteroatoms. The van der Waals surface area contributed by atoms with E-state index in [1.807, 2.05) is 13.8 Å². The highest BCUT2D eigenvalue weighted by atomic mass is 16.5. The van der Waals surface area contributed by atoms with Crippen LogP contribution in [0.5, 0.6) is 0 Å². The molecule has 1 N–H and O–H groups in total. The highest BCUT2D eigenvalue weighted by Gasteiger charge is 2.36. The van der Waals surface area contributed by atoms with Gasteiger partial charge in [0.05, 0.1) is 31.5 Å². The van der Waals surface area contributed by atoms with E-state index >= 15 is 0 Å². The molecule has 0 spiro atoms. The number of nitriles is 1. The van der Waals surface area contributed by atoms with Crippen molar-refractivity contribution in [2.24, 2.45) is 0 Å². The van der Waals surface area contributed by atoms with E-state index < -0.39 is 0 Å². The third kappa shape index (κ3) is 5.90. The van der Waals surface area contributed by atoms with Crippen LogP contribution < -0.4 is 5.32 Å². The van der Waals surface area contributed by atoms with Crippen molar-refractivity contribution in [2.45, 2.75) is 70.6 Å². The molecule has 1 aliphatic rings. The minimum atomic E-state index is -0.377. The van der Waals surface area contributed by atoms with Crippen molar-refractivity contribution in [3.05, 3.63) is 0 Å². The monoisotopic (exact) mass is 268 g/mol. The van der Waals surface area contributed by atoms with E-state index in [2.05, 4.69) is 18.3 Å². The Morgan fingerprint density at radius 1 is 1.42 bits per heavy atom. The van der Waals surface area contributed by atoms with Crippen molar-refractivity contribution in [2.75, 3.05) is 19.8 Å². The Kier molecular flexibility index (Phi) is 7.37. The van der Waals surface area contributed by atoms with Crippen LogP contribution in [0.25, 0.3) is 0 Å². The summed E-state index contributed by atoms with van der Waals surface area (Å²) in [6.45, 7) is 8.33. The van der Waals surface area contributed by atoms with Gasteiger partial charge in [0.2, 0.25) is 0 Å². The van der Waals surface area contributed by atoms with Gasteiger partial charge >= 0.3 is 0 Å². The summed E-state index contributed by atoms with van der Waals surface area (Å²) in [5.74, 6) is 0. The number of hydrogen-bond donors (Lipinski definition) is 1. The fourth-order valence-electron chi connectivity index (χ4n) is 2.53. The third-order valence-electron chi connectivity index (χ3n) is 3.52. The first-order valence-electron chi connectivity index (χ1n) is 7.51.